The molecule has 1 aliphatic heterocycles. The number of aryl methyl sites for hydroxylation is 4. The normalized spacial score (nSPS) is 15.5. The fourth-order valence-corrected chi connectivity index (χ4v) is 4.34. The summed E-state index contributed by atoms with van der Waals surface area (Å²) >= 11 is 3.53. The van der Waals surface area contributed by atoms with Crippen LogP contribution in [0.1, 0.15) is 46.8 Å². The van der Waals surface area contributed by atoms with E-state index >= 15 is 0 Å². The minimum atomic E-state index is 0.0106. The van der Waals surface area contributed by atoms with E-state index in [4.69, 9.17) is 9.05 Å². The molecule has 10 nitrogen and oxygen atoms in total. The van der Waals surface area contributed by atoms with E-state index in [1.54, 1.807) is 4.68 Å². The molecule has 3 aromatic heterocycles. The quantitative estimate of drug-likeness (QED) is 0.535. The third-order valence-electron chi connectivity index (χ3n) is 5.51. The number of rotatable bonds is 5. The molecule has 0 N–H and O–H groups in total. The van der Waals surface area contributed by atoms with Crippen LogP contribution in [-0.4, -0.2) is 67.0 Å². The largest absolute Gasteiger partial charge is 0.361 e. The molecule has 31 heavy (non-hydrogen) atoms. The molecule has 1 saturated heterocycles. The Labute approximate surface area is 188 Å². The van der Waals surface area contributed by atoms with Crippen LogP contribution in [0.15, 0.2) is 13.5 Å². The van der Waals surface area contributed by atoms with Gasteiger partial charge in [-0.15, -0.1) is 0 Å². The molecule has 0 unspecified atom stereocenters. The molecule has 166 valence electrons. The van der Waals surface area contributed by atoms with Crippen LogP contribution in [0, 0.1) is 20.8 Å². The number of halogens is 1. The standard InChI is InChI=1S/C20H26BrN7O3/c1-5-28-18(17(21)13(3)23-28)20(29)27-8-6-7-26(9-10-27)11-15-22-19(31-25-15)16-12(2)24-30-14(16)4/h5-11H2,1-4H3. The van der Waals surface area contributed by atoms with Crippen molar-refractivity contribution in [1.82, 2.24) is 34.9 Å². The topological polar surface area (TPSA) is 106 Å². The first-order valence-corrected chi connectivity index (χ1v) is 11.2. The Kier molecular flexibility index (Phi) is 6.24. The first-order valence-electron chi connectivity index (χ1n) is 10.4. The molecule has 4 heterocycles. The van der Waals surface area contributed by atoms with Crippen LogP contribution in [0.4, 0.5) is 0 Å². The molecule has 0 saturated carbocycles. The highest BCUT2D eigenvalue weighted by Gasteiger charge is 2.27. The summed E-state index contributed by atoms with van der Waals surface area (Å²) in [6.45, 7) is 11.7. The van der Waals surface area contributed by atoms with E-state index in [-0.39, 0.29) is 5.91 Å². The minimum absolute atomic E-state index is 0.0106. The Balaban J connectivity index is 1.42. The van der Waals surface area contributed by atoms with E-state index in [0.717, 1.165) is 40.9 Å². The van der Waals surface area contributed by atoms with E-state index in [9.17, 15) is 4.79 Å². The smallest absolute Gasteiger partial charge is 0.273 e. The first kappa shape index (κ1) is 21.7. The van der Waals surface area contributed by atoms with Gasteiger partial charge in [0.2, 0.25) is 0 Å². The highest BCUT2D eigenvalue weighted by Crippen LogP contribution is 2.26. The number of carbonyl (C=O) groups is 1. The third-order valence-corrected chi connectivity index (χ3v) is 6.46. The highest BCUT2D eigenvalue weighted by molar-refractivity contribution is 9.10. The summed E-state index contributed by atoms with van der Waals surface area (Å²) in [5, 5.41) is 12.5. The monoisotopic (exact) mass is 491 g/mol. The fourth-order valence-electron chi connectivity index (χ4n) is 3.88. The summed E-state index contributed by atoms with van der Waals surface area (Å²) < 4.78 is 13.2. The molecule has 1 aliphatic rings. The maximum Gasteiger partial charge on any atom is 0.273 e. The average Bonchev–Trinajstić information content (AvgIpc) is 3.35. The maximum absolute atomic E-state index is 13.2. The van der Waals surface area contributed by atoms with Crippen LogP contribution in [0.3, 0.4) is 0 Å². The predicted octanol–water partition coefficient (Wildman–Crippen LogP) is 2.98. The molecule has 0 aromatic carbocycles. The van der Waals surface area contributed by atoms with Gasteiger partial charge in [0, 0.05) is 32.7 Å². The van der Waals surface area contributed by atoms with Gasteiger partial charge in [-0.05, 0) is 50.0 Å². The summed E-state index contributed by atoms with van der Waals surface area (Å²) in [6.07, 6.45) is 0.872. The molecule has 1 amide bonds. The Morgan fingerprint density at radius 2 is 1.87 bits per heavy atom. The Morgan fingerprint density at radius 3 is 2.58 bits per heavy atom. The van der Waals surface area contributed by atoms with Gasteiger partial charge < -0.3 is 13.9 Å². The van der Waals surface area contributed by atoms with Crippen molar-refractivity contribution in [2.45, 2.75) is 47.2 Å². The number of hydrogen-bond acceptors (Lipinski definition) is 8. The lowest BCUT2D eigenvalue weighted by molar-refractivity contribution is 0.0747. The molecule has 1 fully saturated rings. The second-order valence-electron chi connectivity index (χ2n) is 7.70. The van der Waals surface area contributed by atoms with Gasteiger partial charge in [0.25, 0.3) is 11.8 Å². The Hall–Kier alpha value is -2.53. The summed E-state index contributed by atoms with van der Waals surface area (Å²) in [5.74, 6) is 1.70. The molecule has 0 spiro atoms. The summed E-state index contributed by atoms with van der Waals surface area (Å²) in [5.41, 5.74) is 2.92. The van der Waals surface area contributed by atoms with Crippen molar-refractivity contribution in [2.24, 2.45) is 0 Å². The molecular formula is C20H26BrN7O3. The van der Waals surface area contributed by atoms with Crippen LogP contribution in [0.5, 0.6) is 0 Å². The highest BCUT2D eigenvalue weighted by atomic mass is 79.9. The lowest BCUT2D eigenvalue weighted by Gasteiger charge is -2.21. The molecule has 3 aromatic rings. The zero-order chi connectivity index (χ0) is 22.1. The maximum atomic E-state index is 13.2. The van der Waals surface area contributed by atoms with Crippen molar-refractivity contribution < 1.29 is 13.8 Å². The third kappa shape index (κ3) is 4.29. The van der Waals surface area contributed by atoms with E-state index < -0.39 is 0 Å². The van der Waals surface area contributed by atoms with Crippen molar-refractivity contribution in [3.8, 4) is 11.5 Å². The van der Waals surface area contributed by atoms with Crippen LogP contribution in [-0.2, 0) is 13.1 Å². The van der Waals surface area contributed by atoms with Gasteiger partial charge in [0.1, 0.15) is 17.0 Å². The minimum Gasteiger partial charge on any atom is -0.361 e. The van der Waals surface area contributed by atoms with Crippen LogP contribution < -0.4 is 0 Å². The van der Waals surface area contributed by atoms with E-state index in [1.807, 2.05) is 32.6 Å². The second-order valence-corrected chi connectivity index (χ2v) is 8.49. The van der Waals surface area contributed by atoms with Crippen LogP contribution in [0.25, 0.3) is 11.5 Å². The van der Waals surface area contributed by atoms with Gasteiger partial charge in [0.15, 0.2) is 5.82 Å². The van der Waals surface area contributed by atoms with Crippen LogP contribution >= 0.6 is 15.9 Å². The second kappa shape index (κ2) is 8.91. The Bertz CT molecular complexity index is 1070. The lowest BCUT2D eigenvalue weighted by Crippen LogP contribution is -2.36. The number of carbonyl (C=O) groups excluding carboxylic acids is 1. The number of nitrogens with zero attached hydrogens (tertiary/aromatic N) is 7. The van der Waals surface area contributed by atoms with Crippen molar-refractivity contribution in [3.63, 3.8) is 0 Å². The number of hydrogen-bond donors (Lipinski definition) is 0. The van der Waals surface area contributed by atoms with E-state index in [1.165, 1.54) is 0 Å². The number of aromatic nitrogens is 5. The summed E-state index contributed by atoms with van der Waals surface area (Å²) in [6, 6.07) is 0. The van der Waals surface area contributed by atoms with Crippen molar-refractivity contribution in [2.75, 3.05) is 26.2 Å². The molecule has 0 atom stereocenters. The molecule has 0 radical (unpaired) electrons. The zero-order valence-corrected chi connectivity index (χ0v) is 19.8. The Morgan fingerprint density at radius 1 is 1.06 bits per heavy atom. The van der Waals surface area contributed by atoms with Gasteiger partial charge in [-0.25, -0.2) is 0 Å². The molecule has 4 rings (SSSR count). The summed E-state index contributed by atoms with van der Waals surface area (Å²) in [4.78, 5) is 21.9. The van der Waals surface area contributed by atoms with Gasteiger partial charge >= 0.3 is 0 Å². The zero-order valence-electron chi connectivity index (χ0n) is 18.2. The lowest BCUT2D eigenvalue weighted by atomic mass is 10.2. The molecule has 0 aliphatic carbocycles. The van der Waals surface area contributed by atoms with Crippen LogP contribution in [0.2, 0.25) is 0 Å². The molecule has 11 heteroatoms. The van der Waals surface area contributed by atoms with E-state index in [0.29, 0.717) is 49.3 Å². The van der Waals surface area contributed by atoms with Crippen molar-refractivity contribution >= 4 is 21.8 Å². The number of amides is 1. The van der Waals surface area contributed by atoms with Gasteiger partial charge in [-0.3, -0.25) is 14.4 Å². The van der Waals surface area contributed by atoms with Crippen molar-refractivity contribution in [1.29, 1.82) is 0 Å². The SMILES string of the molecule is CCn1nc(C)c(Br)c1C(=O)N1CCCN(Cc2noc(-c3c(C)noc3C)n2)CC1. The molecule has 0 bridgehead atoms. The molecular weight excluding hydrogens is 466 g/mol. The van der Waals surface area contributed by atoms with Gasteiger partial charge in [0.05, 0.1) is 22.4 Å². The van der Waals surface area contributed by atoms with Gasteiger partial charge in [-0.1, -0.05) is 10.3 Å². The fraction of sp³-hybridized carbons (Fsp3) is 0.550. The predicted molar refractivity (Wildman–Crippen MR) is 115 cm³/mol. The average molecular weight is 492 g/mol. The van der Waals surface area contributed by atoms with E-state index in [2.05, 4.69) is 41.2 Å². The van der Waals surface area contributed by atoms with Crippen molar-refractivity contribution in [3.05, 3.63) is 33.1 Å². The summed E-state index contributed by atoms with van der Waals surface area (Å²) in [7, 11) is 0. The first-order chi connectivity index (χ1) is 14.9. The van der Waals surface area contributed by atoms with Gasteiger partial charge in [-0.2, -0.15) is 10.1 Å².